The quantitative estimate of drug-likeness (QED) is 0.491. The third-order valence-electron chi connectivity index (χ3n) is 7.01. The maximum Gasteiger partial charge on any atom is 0.264 e. The molecule has 9 nitrogen and oxygen atoms in total. The van der Waals surface area contributed by atoms with Crippen LogP contribution in [0.3, 0.4) is 0 Å². The molecule has 11 heteroatoms. The number of aliphatic hydroxyl groups is 1. The van der Waals surface area contributed by atoms with E-state index in [1.807, 2.05) is 6.07 Å². The fourth-order valence-corrected chi connectivity index (χ4v) is 5.76. The van der Waals surface area contributed by atoms with Gasteiger partial charge in [-0.1, -0.05) is 0 Å². The number of hydrogen-bond donors (Lipinski definition) is 3. The third-order valence-corrected chi connectivity index (χ3v) is 8.12. The number of anilines is 3. The van der Waals surface area contributed by atoms with Crippen molar-refractivity contribution < 1.29 is 14.3 Å². The number of thiophene rings is 1. The van der Waals surface area contributed by atoms with Crippen LogP contribution in [0.5, 0.6) is 0 Å². The summed E-state index contributed by atoms with van der Waals surface area (Å²) in [6.45, 7) is 2.33. The van der Waals surface area contributed by atoms with Crippen molar-refractivity contribution in [1.29, 1.82) is 0 Å². The second-order valence-corrected chi connectivity index (χ2v) is 10.6. The first kappa shape index (κ1) is 21.7. The smallest absolute Gasteiger partial charge is 0.264 e. The van der Waals surface area contributed by atoms with Crippen molar-refractivity contribution in [3.63, 3.8) is 0 Å². The lowest BCUT2D eigenvalue weighted by Gasteiger charge is -2.31. The Bertz CT molecular complexity index is 1200. The molecule has 3 aromatic heterocycles. The molecular weight excluding hydrogens is 457 g/mol. The summed E-state index contributed by atoms with van der Waals surface area (Å²) < 4.78 is 14.5. The number of rotatable bonds is 6. The number of likely N-dealkylation sites (tertiary alicyclic amines) is 1. The lowest BCUT2D eigenvalue weighted by molar-refractivity contribution is 0.0787. The number of halogens is 1. The van der Waals surface area contributed by atoms with Crippen molar-refractivity contribution in [3.8, 4) is 0 Å². The predicted octanol–water partition coefficient (Wildman–Crippen LogP) is 3.43. The minimum Gasteiger partial charge on any atom is -0.396 e. The molecule has 1 amide bonds. The lowest BCUT2D eigenvalue weighted by atomic mass is 9.98. The highest BCUT2D eigenvalue weighted by Gasteiger charge is 2.29. The Hall–Kier alpha value is -2.79. The number of aliphatic hydroxyl groups excluding tert-OH is 1. The Labute approximate surface area is 200 Å². The van der Waals surface area contributed by atoms with E-state index in [0.717, 1.165) is 36.3 Å². The third kappa shape index (κ3) is 4.22. The van der Waals surface area contributed by atoms with Gasteiger partial charge in [-0.05, 0) is 44.1 Å². The number of nitrogens with zero attached hydrogens (tertiary/aromatic N) is 5. The van der Waals surface area contributed by atoms with Gasteiger partial charge >= 0.3 is 0 Å². The fraction of sp³-hybridized carbons (Fsp3) is 0.565. The Morgan fingerprint density at radius 1 is 1.18 bits per heavy atom. The summed E-state index contributed by atoms with van der Waals surface area (Å²) in [5.41, 5.74) is 1.81. The summed E-state index contributed by atoms with van der Waals surface area (Å²) in [7, 11) is 0. The van der Waals surface area contributed by atoms with Crippen LogP contribution in [0.25, 0.3) is 10.2 Å². The van der Waals surface area contributed by atoms with Crippen molar-refractivity contribution in [2.75, 3.05) is 43.0 Å². The van der Waals surface area contributed by atoms with Gasteiger partial charge in [-0.15, -0.1) is 11.3 Å². The standard InChI is InChI=1S/C23H28FN7O2S/c24-15-5-8-31(11-15)22(33)18-9-17-20(34-18)21(26-19-10-16(28-29-19)14-1-2-14)27-23(25-17)30-6-3-13(12-32)4-7-30/h9-10,13-15,32H,1-8,11-12H2,(H2,25,26,27,28,29)/t15-/m0/s1. The molecule has 2 aliphatic heterocycles. The van der Waals surface area contributed by atoms with Crippen molar-refractivity contribution in [1.82, 2.24) is 25.1 Å². The van der Waals surface area contributed by atoms with E-state index < -0.39 is 6.17 Å². The monoisotopic (exact) mass is 485 g/mol. The van der Waals surface area contributed by atoms with Crippen molar-refractivity contribution in [2.24, 2.45) is 5.92 Å². The van der Waals surface area contributed by atoms with E-state index in [4.69, 9.17) is 9.97 Å². The van der Waals surface area contributed by atoms with Crippen LogP contribution in [0, 0.1) is 5.92 Å². The van der Waals surface area contributed by atoms with Crippen molar-refractivity contribution in [3.05, 3.63) is 22.7 Å². The van der Waals surface area contributed by atoms with Crippen LogP contribution < -0.4 is 10.2 Å². The highest BCUT2D eigenvalue weighted by atomic mass is 32.1. The molecule has 3 N–H and O–H groups in total. The zero-order chi connectivity index (χ0) is 23.2. The van der Waals surface area contributed by atoms with Gasteiger partial charge in [0.1, 0.15) is 6.17 Å². The second kappa shape index (κ2) is 8.77. The molecule has 5 heterocycles. The molecule has 2 saturated heterocycles. The van der Waals surface area contributed by atoms with Crippen LogP contribution in [0.2, 0.25) is 0 Å². The van der Waals surface area contributed by atoms with E-state index in [1.54, 1.807) is 11.0 Å². The number of nitrogens with one attached hydrogen (secondary N) is 2. The maximum absolute atomic E-state index is 13.7. The number of H-pyrrole nitrogens is 1. The molecule has 0 unspecified atom stereocenters. The molecule has 1 aliphatic carbocycles. The number of alkyl halides is 1. The van der Waals surface area contributed by atoms with Gasteiger partial charge in [0.05, 0.1) is 21.6 Å². The van der Waals surface area contributed by atoms with Gasteiger partial charge in [-0.3, -0.25) is 9.89 Å². The van der Waals surface area contributed by atoms with E-state index in [9.17, 15) is 14.3 Å². The molecule has 0 aromatic carbocycles. The molecule has 3 aliphatic rings. The molecule has 0 radical (unpaired) electrons. The van der Waals surface area contributed by atoms with E-state index in [1.165, 1.54) is 24.2 Å². The van der Waals surface area contributed by atoms with Crippen LogP contribution in [0.1, 0.15) is 53.4 Å². The fourth-order valence-electron chi connectivity index (χ4n) is 4.75. The number of aromatic nitrogens is 4. The van der Waals surface area contributed by atoms with E-state index in [0.29, 0.717) is 52.8 Å². The largest absolute Gasteiger partial charge is 0.396 e. The number of fused-ring (bicyclic) bond motifs is 1. The van der Waals surface area contributed by atoms with Crippen LogP contribution in [0.4, 0.5) is 22.0 Å². The zero-order valence-corrected chi connectivity index (χ0v) is 19.7. The number of carbonyl (C=O) groups excluding carboxylic acids is 1. The molecule has 0 spiro atoms. The van der Waals surface area contributed by atoms with Crippen LogP contribution >= 0.6 is 11.3 Å². The molecule has 180 valence electrons. The molecule has 0 bridgehead atoms. The first-order chi connectivity index (χ1) is 16.6. The number of aromatic amines is 1. The summed E-state index contributed by atoms with van der Waals surface area (Å²) >= 11 is 1.33. The number of carbonyl (C=O) groups is 1. The average molecular weight is 486 g/mol. The molecule has 3 aromatic rings. The average Bonchev–Trinajstić information content (AvgIpc) is 3.23. The molecule has 3 fully saturated rings. The van der Waals surface area contributed by atoms with Crippen LogP contribution in [0.15, 0.2) is 12.1 Å². The Balaban J connectivity index is 1.34. The van der Waals surface area contributed by atoms with Gasteiger partial charge in [0.2, 0.25) is 5.95 Å². The molecule has 1 atom stereocenters. The Morgan fingerprint density at radius 2 is 2.00 bits per heavy atom. The number of piperidine rings is 1. The van der Waals surface area contributed by atoms with Gasteiger partial charge in [-0.2, -0.15) is 10.1 Å². The maximum atomic E-state index is 13.7. The lowest BCUT2D eigenvalue weighted by Crippen LogP contribution is -2.35. The normalized spacial score (nSPS) is 21.5. The minimum atomic E-state index is -0.955. The highest BCUT2D eigenvalue weighted by Crippen LogP contribution is 2.40. The summed E-state index contributed by atoms with van der Waals surface area (Å²) in [5, 5.41) is 20.3. The van der Waals surface area contributed by atoms with E-state index in [2.05, 4.69) is 20.4 Å². The van der Waals surface area contributed by atoms with Gasteiger partial charge in [0.25, 0.3) is 5.91 Å². The first-order valence-electron chi connectivity index (χ1n) is 12.0. The van der Waals surface area contributed by atoms with Gasteiger partial charge in [0.15, 0.2) is 11.6 Å². The Kier molecular flexibility index (Phi) is 5.60. The van der Waals surface area contributed by atoms with Crippen LogP contribution in [-0.2, 0) is 0 Å². The first-order valence-corrected chi connectivity index (χ1v) is 12.8. The number of hydrogen-bond acceptors (Lipinski definition) is 8. The second-order valence-electron chi connectivity index (χ2n) is 9.56. The van der Waals surface area contributed by atoms with Gasteiger partial charge in [-0.25, -0.2) is 9.37 Å². The molecule has 6 rings (SSSR count). The van der Waals surface area contributed by atoms with Gasteiger partial charge in [0, 0.05) is 43.9 Å². The van der Waals surface area contributed by atoms with E-state index in [-0.39, 0.29) is 19.1 Å². The topological polar surface area (TPSA) is 110 Å². The Morgan fingerprint density at radius 3 is 2.71 bits per heavy atom. The van der Waals surface area contributed by atoms with Crippen molar-refractivity contribution >= 4 is 45.0 Å². The zero-order valence-electron chi connectivity index (χ0n) is 18.8. The molecule has 34 heavy (non-hydrogen) atoms. The minimum absolute atomic E-state index is 0.145. The number of amides is 1. The summed E-state index contributed by atoms with van der Waals surface area (Å²) in [4.78, 5) is 26.9. The van der Waals surface area contributed by atoms with Crippen molar-refractivity contribution in [2.45, 2.75) is 44.2 Å². The molecule has 1 saturated carbocycles. The summed E-state index contributed by atoms with van der Waals surface area (Å²) in [5.74, 6) is 2.62. The SMILES string of the molecule is O=C(c1cc2nc(N3CCC(CO)CC3)nc(Nc3cc(C4CC4)[nH]n3)c2s1)N1CC[C@H](F)C1. The summed E-state index contributed by atoms with van der Waals surface area (Å²) in [6.07, 6.45) is 3.57. The highest BCUT2D eigenvalue weighted by molar-refractivity contribution is 7.21. The predicted molar refractivity (Wildman–Crippen MR) is 129 cm³/mol. The molecular formula is C23H28FN7O2S. The van der Waals surface area contributed by atoms with Crippen LogP contribution in [-0.4, -0.2) is 75.0 Å². The van der Waals surface area contributed by atoms with Gasteiger partial charge < -0.3 is 20.2 Å². The summed E-state index contributed by atoms with van der Waals surface area (Å²) in [6, 6.07) is 3.81. The van der Waals surface area contributed by atoms with E-state index >= 15 is 0 Å².